The first-order valence-electron chi connectivity index (χ1n) is 8.18. The summed E-state index contributed by atoms with van der Waals surface area (Å²) in [5.74, 6) is -4.87. The van der Waals surface area contributed by atoms with Crippen molar-refractivity contribution >= 4 is 17.8 Å². The molecule has 0 N–H and O–H groups in total. The van der Waals surface area contributed by atoms with Gasteiger partial charge in [-0.05, 0) is 24.3 Å². The predicted octanol–water partition coefficient (Wildman–Crippen LogP) is 2.79. The Morgan fingerprint density at radius 3 is 2.07 bits per heavy atom. The van der Waals surface area contributed by atoms with Crippen LogP contribution in [0.5, 0.6) is 0 Å². The first-order chi connectivity index (χ1) is 14.2. The lowest BCUT2D eigenvalue weighted by atomic mass is 10.1. The van der Waals surface area contributed by atoms with Gasteiger partial charge in [-0.15, -0.1) is 5.10 Å². The maximum atomic E-state index is 14.0. The van der Waals surface area contributed by atoms with Gasteiger partial charge >= 0.3 is 12.1 Å². The lowest BCUT2D eigenvalue weighted by Crippen LogP contribution is -2.33. The zero-order valence-electron chi connectivity index (χ0n) is 14.6. The summed E-state index contributed by atoms with van der Waals surface area (Å²) in [6.07, 6.45) is -5.19. The molecule has 0 unspecified atom stereocenters. The van der Waals surface area contributed by atoms with E-state index in [9.17, 15) is 31.9 Å². The molecule has 1 aliphatic rings. The van der Waals surface area contributed by atoms with Gasteiger partial charge in [-0.3, -0.25) is 9.59 Å². The van der Waals surface area contributed by atoms with Crippen LogP contribution in [0.3, 0.4) is 0 Å². The van der Waals surface area contributed by atoms with E-state index in [1.54, 1.807) is 0 Å². The summed E-state index contributed by atoms with van der Waals surface area (Å²) < 4.78 is 54.9. The topological polar surface area (TPSA) is 94.4 Å². The van der Waals surface area contributed by atoms with Crippen molar-refractivity contribution in [1.82, 2.24) is 20.1 Å². The van der Waals surface area contributed by atoms with Crippen LogP contribution in [-0.4, -0.2) is 37.8 Å². The van der Waals surface area contributed by atoms with Crippen LogP contribution < -0.4 is 0 Å². The van der Waals surface area contributed by atoms with E-state index in [2.05, 4.69) is 15.1 Å². The highest BCUT2D eigenvalue weighted by Crippen LogP contribution is 2.34. The third kappa shape index (κ3) is 2.98. The van der Waals surface area contributed by atoms with Gasteiger partial charge in [0.05, 0.1) is 11.1 Å². The van der Waals surface area contributed by atoms with E-state index in [1.807, 2.05) is 0 Å². The summed E-state index contributed by atoms with van der Waals surface area (Å²) in [6, 6.07) is 9.90. The van der Waals surface area contributed by atoms with Crippen LogP contribution in [0.2, 0.25) is 0 Å². The molecule has 0 radical (unpaired) electrons. The van der Waals surface area contributed by atoms with Crippen molar-refractivity contribution in [3.8, 4) is 5.69 Å². The number of para-hydroxylation sites is 1. The number of imide groups is 1. The molecule has 152 valence electrons. The average Bonchev–Trinajstić information content (AvgIpc) is 3.25. The van der Waals surface area contributed by atoms with Gasteiger partial charge in [0, 0.05) is 0 Å². The number of aromatic nitrogens is 3. The molecule has 30 heavy (non-hydrogen) atoms. The Morgan fingerprint density at radius 1 is 0.933 bits per heavy atom. The van der Waals surface area contributed by atoms with Crippen molar-refractivity contribution in [3.05, 3.63) is 76.9 Å². The number of fused-ring (bicyclic) bond motifs is 1. The third-order valence-corrected chi connectivity index (χ3v) is 4.14. The molecular weight excluding hydrogens is 412 g/mol. The number of halogens is 4. The number of carbonyl (C=O) groups is 3. The van der Waals surface area contributed by atoms with Gasteiger partial charge in [0.2, 0.25) is 5.69 Å². The molecule has 0 bridgehead atoms. The Morgan fingerprint density at radius 2 is 1.50 bits per heavy atom. The minimum Gasteiger partial charge on any atom is -0.322 e. The van der Waals surface area contributed by atoms with Gasteiger partial charge in [-0.2, -0.15) is 13.2 Å². The predicted molar refractivity (Wildman–Crippen MR) is 88.7 cm³/mol. The molecule has 1 aliphatic heterocycles. The second-order valence-corrected chi connectivity index (χ2v) is 5.98. The van der Waals surface area contributed by atoms with Crippen molar-refractivity contribution in [1.29, 1.82) is 0 Å². The van der Waals surface area contributed by atoms with Crippen molar-refractivity contribution in [2.24, 2.45) is 0 Å². The van der Waals surface area contributed by atoms with Crippen molar-refractivity contribution in [2.45, 2.75) is 6.18 Å². The van der Waals surface area contributed by atoms with Crippen molar-refractivity contribution in [3.63, 3.8) is 0 Å². The molecule has 0 aliphatic carbocycles. The molecule has 0 fully saturated rings. The number of amides is 2. The largest absolute Gasteiger partial charge is 0.436 e. The molecule has 0 atom stereocenters. The number of nitrogens with zero attached hydrogens (tertiary/aromatic N) is 4. The third-order valence-electron chi connectivity index (χ3n) is 4.14. The number of hydrogen-bond donors (Lipinski definition) is 0. The summed E-state index contributed by atoms with van der Waals surface area (Å²) in [5.41, 5.74) is -3.85. The summed E-state index contributed by atoms with van der Waals surface area (Å²) >= 11 is 0. The van der Waals surface area contributed by atoms with Crippen LogP contribution in [0.25, 0.3) is 5.69 Å². The number of hydroxylamine groups is 2. The Kier molecular flexibility index (Phi) is 4.33. The fraction of sp³-hybridized carbons (Fsp3) is 0.0556. The van der Waals surface area contributed by atoms with Crippen LogP contribution in [-0.2, 0) is 11.0 Å². The molecule has 1 aromatic heterocycles. The minimum absolute atomic E-state index is 0.0370. The van der Waals surface area contributed by atoms with Gasteiger partial charge in [-0.1, -0.05) is 34.5 Å². The lowest BCUT2D eigenvalue weighted by molar-refractivity contribution is -0.143. The highest BCUT2D eigenvalue weighted by atomic mass is 19.4. The van der Waals surface area contributed by atoms with Gasteiger partial charge in [0.25, 0.3) is 11.8 Å². The minimum atomic E-state index is -5.19. The van der Waals surface area contributed by atoms with Crippen LogP contribution in [0.4, 0.5) is 17.6 Å². The number of rotatable bonds is 3. The molecule has 2 amide bonds. The number of carbonyl (C=O) groups excluding carboxylic acids is 3. The van der Waals surface area contributed by atoms with Gasteiger partial charge in [0.15, 0.2) is 5.69 Å². The smallest absolute Gasteiger partial charge is 0.322 e. The second-order valence-electron chi connectivity index (χ2n) is 5.98. The molecular formula is C18H8F4N4O4. The molecule has 3 aromatic rings. The Hall–Kier alpha value is -4.09. The Bertz CT molecular complexity index is 1170. The zero-order chi connectivity index (χ0) is 21.6. The highest BCUT2D eigenvalue weighted by Gasteiger charge is 2.45. The monoisotopic (exact) mass is 420 g/mol. The quantitative estimate of drug-likeness (QED) is 0.478. The van der Waals surface area contributed by atoms with Crippen LogP contribution in [0, 0.1) is 5.82 Å². The highest BCUT2D eigenvalue weighted by molar-refractivity contribution is 6.21. The first kappa shape index (κ1) is 19.2. The standard InChI is InChI=1S/C18H8F4N4O4/c19-11-7-3-4-8-12(11)25-14(18(20,21)22)13(23-24-25)17(29)30-26-15(27)9-5-1-2-6-10(9)16(26)28/h1-8H. The average molecular weight is 420 g/mol. The summed E-state index contributed by atoms with van der Waals surface area (Å²) in [7, 11) is 0. The van der Waals surface area contributed by atoms with E-state index in [-0.39, 0.29) is 20.9 Å². The maximum Gasteiger partial charge on any atom is 0.436 e. The summed E-state index contributed by atoms with van der Waals surface area (Å²) in [4.78, 5) is 41.5. The molecule has 2 aromatic carbocycles. The van der Waals surface area contributed by atoms with E-state index in [0.717, 1.165) is 12.1 Å². The van der Waals surface area contributed by atoms with Gasteiger partial charge in [0.1, 0.15) is 11.5 Å². The molecule has 12 heteroatoms. The Labute approximate surface area is 164 Å². The van der Waals surface area contributed by atoms with Crippen molar-refractivity contribution in [2.75, 3.05) is 0 Å². The van der Waals surface area contributed by atoms with Crippen LogP contribution in [0.1, 0.15) is 36.9 Å². The Balaban J connectivity index is 1.72. The molecule has 0 spiro atoms. The molecule has 0 saturated heterocycles. The van der Waals surface area contributed by atoms with E-state index in [1.165, 1.54) is 36.4 Å². The molecule has 8 nitrogen and oxygen atoms in total. The molecule has 2 heterocycles. The fourth-order valence-corrected chi connectivity index (χ4v) is 2.84. The SMILES string of the molecule is O=C(ON1C(=O)c2ccccc2C1=O)c1nnn(-c2ccccc2F)c1C(F)(F)F. The number of benzene rings is 2. The van der Waals surface area contributed by atoms with Crippen LogP contribution in [0.15, 0.2) is 48.5 Å². The van der Waals surface area contributed by atoms with Crippen molar-refractivity contribution < 1.29 is 36.8 Å². The van der Waals surface area contributed by atoms with E-state index >= 15 is 0 Å². The number of alkyl halides is 3. The normalized spacial score (nSPS) is 13.5. The van der Waals surface area contributed by atoms with Gasteiger partial charge in [-0.25, -0.2) is 13.9 Å². The second kappa shape index (κ2) is 6.76. The van der Waals surface area contributed by atoms with Crippen LogP contribution >= 0.6 is 0 Å². The fourth-order valence-electron chi connectivity index (χ4n) is 2.84. The zero-order valence-corrected chi connectivity index (χ0v) is 14.6. The van der Waals surface area contributed by atoms with Gasteiger partial charge < -0.3 is 4.84 Å². The van der Waals surface area contributed by atoms with E-state index < -0.39 is 46.9 Å². The molecule has 0 saturated carbocycles. The molecule has 4 rings (SSSR count). The maximum absolute atomic E-state index is 14.0. The summed E-state index contributed by atoms with van der Waals surface area (Å²) in [6.45, 7) is 0. The lowest BCUT2D eigenvalue weighted by Gasteiger charge is -2.14. The van der Waals surface area contributed by atoms with E-state index in [0.29, 0.717) is 0 Å². The van der Waals surface area contributed by atoms with E-state index in [4.69, 9.17) is 0 Å². The summed E-state index contributed by atoms with van der Waals surface area (Å²) in [5, 5.41) is 6.39. The first-order valence-corrected chi connectivity index (χ1v) is 8.18. The number of hydrogen-bond acceptors (Lipinski definition) is 6.